The zero-order valence-electron chi connectivity index (χ0n) is 15.9. The molecule has 0 bridgehead atoms. The molecule has 0 unspecified atom stereocenters. The molecule has 0 aromatic heterocycles. The minimum absolute atomic E-state index is 0.0201. The molecule has 0 spiro atoms. The summed E-state index contributed by atoms with van der Waals surface area (Å²) >= 11 is 1.88. The predicted octanol–water partition coefficient (Wildman–Crippen LogP) is 8.48. The van der Waals surface area contributed by atoms with Crippen molar-refractivity contribution in [3.8, 4) is 0 Å². The van der Waals surface area contributed by atoms with Gasteiger partial charge in [0.1, 0.15) is 0 Å². The summed E-state index contributed by atoms with van der Waals surface area (Å²) in [6.45, 7) is 7.66. The van der Waals surface area contributed by atoms with Crippen LogP contribution in [-0.2, 0) is 8.37 Å². The zero-order chi connectivity index (χ0) is 19.6. The Hall–Kier alpha value is 1.36. The molecule has 10 heteroatoms. The van der Waals surface area contributed by atoms with Gasteiger partial charge in [-0.1, -0.05) is 47.3 Å². The van der Waals surface area contributed by atoms with E-state index in [9.17, 15) is 9.59 Å². The fraction of sp³-hybridized carbons (Fsp3) is 0.875. The summed E-state index contributed by atoms with van der Waals surface area (Å²) in [5.41, 5.74) is 0. The number of hydrogen-bond donors (Lipinski definition) is 0. The number of hydrogen-bond acceptors (Lipinski definition) is 10. The van der Waals surface area contributed by atoms with Crippen LogP contribution >= 0.6 is 67.3 Å². The highest BCUT2D eigenvalue weighted by Gasteiger charge is 2.07. The maximum Gasteiger partial charge on any atom is 0.283 e. The van der Waals surface area contributed by atoms with Crippen molar-refractivity contribution in [2.75, 3.05) is 11.5 Å². The van der Waals surface area contributed by atoms with E-state index in [1.54, 1.807) is 21.6 Å². The normalized spacial score (nSPS) is 11.5. The highest BCUT2D eigenvalue weighted by Crippen LogP contribution is 2.31. The molecule has 0 aromatic rings. The maximum absolute atomic E-state index is 11.5. The topological polar surface area (TPSA) is 52.6 Å². The summed E-state index contributed by atoms with van der Waals surface area (Å²) in [6, 6.07) is 0. The first-order valence-corrected chi connectivity index (χ1v) is 14.9. The van der Waals surface area contributed by atoms with Crippen LogP contribution in [0.3, 0.4) is 0 Å². The van der Waals surface area contributed by atoms with Crippen LogP contribution in [0.25, 0.3) is 0 Å². The van der Waals surface area contributed by atoms with Gasteiger partial charge in [-0.15, -0.1) is 0 Å². The molecule has 0 heterocycles. The Morgan fingerprint density at radius 1 is 0.654 bits per heavy atom. The maximum atomic E-state index is 11.5. The second-order valence-electron chi connectivity index (χ2n) is 5.89. The van der Waals surface area contributed by atoms with Crippen molar-refractivity contribution in [2.45, 2.75) is 78.4 Å². The second-order valence-corrected chi connectivity index (χ2v) is 12.6. The van der Waals surface area contributed by atoms with Crippen molar-refractivity contribution in [2.24, 2.45) is 0 Å². The molecule has 0 aromatic carbocycles. The van der Waals surface area contributed by atoms with E-state index in [1.807, 2.05) is 27.7 Å². The van der Waals surface area contributed by atoms with Crippen LogP contribution in [0.1, 0.15) is 66.2 Å². The van der Waals surface area contributed by atoms with Gasteiger partial charge in [0.15, 0.2) is 0 Å². The molecule has 0 rings (SSSR count). The minimum Gasteiger partial charge on any atom is -0.305 e. The van der Waals surface area contributed by atoms with Crippen molar-refractivity contribution in [1.29, 1.82) is 0 Å². The Bertz CT molecular complexity index is 335. The van der Waals surface area contributed by atoms with Gasteiger partial charge in [-0.05, 0) is 62.1 Å². The molecule has 0 aliphatic carbocycles. The summed E-state index contributed by atoms with van der Waals surface area (Å²) in [4.78, 5) is 22.9. The van der Waals surface area contributed by atoms with Crippen LogP contribution in [0.5, 0.6) is 0 Å². The van der Waals surface area contributed by atoms with Crippen LogP contribution in [0.2, 0.25) is 0 Å². The summed E-state index contributed by atoms with van der Waals surface area (Å²) in [7, 11) is 5.78. The lowest BCUT2D eigenvalue weighted by atomic mass is 10.1. The fourth-order valence-corrected chi connectivity index (χ4v) is 6.66. The lowest BCUT2D eigenvalue weighted by Crippen LogP contribution is -1.96. The third-order valence-corrected chi connectivity index (χ3v) is 9.39. The van der Waals surface area contributed by atoms with Crippen molar-refractivity contribution < 1.29 is 18.0 Å². The molecule has 0 aliphatic heterocycles. The Kier molecular flexibility index (Phi) is 20.7. The summed E-state index contributed by atoms with van der Waals surface area (Å²) in [6.07, 6.45) is 7.33. The van der Waals surface area contributed by atoms with E-state index in [-0.39, 0.29) is 21.1 Å². The van der Waals surface area contributed by atoms with E-state index in [2.05, 4.69) is 0 Å². The molecule has 0 aliphatic rings. The minimum atomic E-state index is 0.0201. The quantitative estimate of drug-likeness (QED) is 0.130. The van der Waals surface area contributed by atoms with E-state index in [0.29, 0.717) is 0 Å². The predicted molar refractivity (Wildman–Crippen MR) is 126 cm³/mol. The number of rotatable bonds is 15. The SMILES string of the molecule is CC(C)OSC(=O)SSCCCCCCCCSSC(=O)SOC(C)C. The van der Waals surface area contributed by atoms with Gasteiger partial charge < -0.3 is 8.37 Å². The van der Waals surface area contributed by atoms with E-state index < -0.39 is 0 Å². The first-order chi connectivity index (χ1) is 12.4. The van der Waals surface area contributed by atoms with Crippen molar-refractivity contribution in [3.63, 3.8) is 0 Å². The van der Waals surface area contributed by atoms with Crippen LogP contribution in [0, 0.1) is 0 Å². The third kappa shape index (κ3) is 21.7. The van der Waals surface area contributed by atoms with Crippen molar-refractivity contribution >= 4 is 76.2 Å². The lowest BCUT2D eigenvalue weighted by molar-refractivity contribution is 0.266. The monoisotopic (exact) mass is 478 g/mol. The van der Waals surface area contributed by atoms with E-state index in [0.717, 1.165) is 48.4 Å². The van der Waals surface area contributed by atoms with Gasteiger partial charge in [-0.25, -0.2) is 0 Å². The zero-order valence-corrected chi connectivity index (χ0v) is 20.8. The van der Waals surface area contributed by atoms with Crippen LogP contribution in [0.4, 0.5) is 9.59 Å². The van der Waals surface area contributed by atoms with Gasteiger partial charge in [0.2, 0.25) is 0 Å². The number of carbonyl (C=O) groups excluding carboxylic acids is 2. The molecular formula is C16H30O4S6. The first kappa shape index (κ1) is 27.4. The van der Waals surface area contributed by atoms with Crippen LogP contribution < -0.4 is 0 Å². The number of unbranched alkanes of at least 4 members (excludes halogenated alkanes) is 5. The summed E-state index contributed by atoms with van der Waals surface area (Å²) < 4.78 is 10.4. The molecule has 0 fully saturated rings. The van der Waals surface area contributed by atoms with E-state index in [4.69, 9.17) is 8.37 Å². The Labute approximate surface area is 183 Å². The van der Waals surface area contributed by atoms with E-state index >= 15 is 0 Å². The molecule has 0 amide bonds. The third-order valence-electron chi connectivity index (χ3n) is 2.58. The Morgan fingerprint density at radius 2 is 1.00 bits per heavy atom. The second kappa shape index (κ2) is 19.7. The van der Waals surface area contributed by atoms with Crippen LogP contribution in [0.15, 0.2) is 0 Å². The fourth-order valence-electron chi connectivity index (χ4n) is 1.51. The summed E-state index contributed by atoms with van der Waals surface area (Å²) in [5, 5.41) is 0. The standard InChI is InChI=1S/C16H30O4S6/c1-13(2)19-23-15(17)25-21-11-9-7-5-6-8-10-12-22-26-16(18)24-20-14(3)4/h13-14H,5-12H2,1-4H3. The molecular weight excluding hydrogens is 449 g/mol. The van der Waals surface area contributed by atoms with Gasteiger partial charge in [-0.3, -0.25) is 9.59 Å². The Morgan fingerprint density at radius 3 is 1.35 bits per heavy atom. The van der Waals surface area contributed by atoms with Gasteiger partial charge in [0.05, 0.1) is 36.3 Å². The molecule has 0 saturated carbocycles. The molecule has 0 N–H and O–H groups in total. The van der Waals surface area contributed by atoms with Crippen molar-refractivity contribution in [1.82, 2.24) is 0 Å². The molecule has 0 atom stereocenters. The molecule has 154 valence electrons. The highest BCUT2D eigenvalue weighted by atomic mass is 33.1. The molecule has 4 nitrogen and oxygen atoms in total. The average molecular weight is 479 g/mol. The van der Waals surface area contributed by atoms with Gasteiger partial charge >= 0.3 is 0 Å². The first-order valence-electron chi connectivity index (χ1n) is 8.75. The largest absolute Gasteiger partial charge is 0.305 e. The van der Waals surface area contributed by atoms with Crippen LogP contribution in [-0.4, -0.2) is 32.6 Å². The van der Waals surface area contributed by atoms with Gasteiger partial charge in [0.25, 0.3) is 8.89 Å². The molecule has 26 heavy (non-hydrogen) atoms. The highest BCUT2D eigenvalue weighted by molar-refractivity contribution is 8.86. The molecule has 0 saturated heterocycles. The van der Waals surface area contributed by atoms with Gasteiger partial charge in [-0.2, -0.15) is 0 Å². The molecule has 0 radical (unpaired) electrons. The van der Waals surface area contributed by atoms with Gasteiger partial charge in [0, 0.05) is 11.5 Å². The lowest BCUT2D eigenvalue weighted by Gasteiger charge is -2.04. The van der Waals surface area contributed by atoms with E-state index in [1.165, 1.54) is 47.3 Å². The average Bonchev–Trinajstić information content (AvgIpc) is 2.59. The Balaban J connectivity index is 3.22. The smallest absolute Gasteiger partial charge is 0.283 e. The van der Waals surface area contributed by atoms with Crippen molar-refractivity contribution in [3.05, 3.63) is 0 Å². The summed E-state index contributed by atoms with van der Waals surface area (Å²) in [5.74, 6) is 2.01. The number of carbonyl (C=O) groups is 2.